The molecule has 1 aliphatic rings. The second kappa shape index (κ2) is 3.92. The van der Waals surface area contributed by atoms with E-state index in [0.717, 1.165) is 24.7 Å². The van der Waals surface area contributed by atoms with Gasteiger partial charge in [-0.3, -0.25) is 4.68 Å². The van der Waals surface area contributed by atoms with Crippen LogP contribution in [-0.2, 0) is 6.54 Å². The monoisotopic (exact) mass is 179 g/mol. The molecule has 2 rings (SSSR count). The molecule has 0 spiro atoms. The van der Waals surface area contributed by atoms with Gasteiger partial charge < -0.3 is 5.32 Å². The molecule has 0 aromatic carbocycles. The summed E-state index contributed by atoms with van der Waals surface area (Å²) in [5.74, 6) is 0.972. The van der Waals surface area contributed by atoms with E-state index in [1.165, 1.54) is 19.4 Å². The summed E-state index contributed by atoms with van der Waals surface area (Å²) in [6, 6.07) is 2.04. The molecule has 72 valence electrons. The van der Waals surface area contributed by atoms with Crippen LogP contribution in [-0.4, -0.2) is 22.9 Å². The molecule has 0 atom stereocenters. The number of hydrogen-bond acceptors (Lipinski definition) is 2. The smallest absolute Gasteiger partial charge is 0.0593 e. The maximum absolute atomic E-state index is 4.32. The van der Waals surface area contributed by atoms with E-state index in [0.29, 0.717) is 0 Å². The lowest BCUT2D eigenvalue weighted by Crippen LogP contribution is -2.22. The third-order valence-electron chi connectivity index (χ3n) is 2.42. The Morgan fingerprint density at radius 1 is 1.62 bits per heavy atom. The van der Waals surface area contributed by atoms with E-state index in [4.69, 9.17) is 0 Å². The van der Waals surface area contributed by atoms with Gasteiger partial charge in [0.1, 0.15) is 0 Å². The summed E-state index contributed by atoms with van der Waals surface area (Å²) in [5, 5.41) is 7.76. The van der Waals surface area contributed by atoms with Crippen LogP contribution in [0.3, 0.4) is 0 Å². The minimum Gasteiger partial charge on any atom is -0.315 e. The van der Waals surface area contributed by atoms with Gasteiger partial charge in [-0.1, -0.05) is 0 Å². The van der Waals surface area contributed by atoms with Gasteiger partial charge in [0.2, 0.25) is 0 Å². The fraction of sp³-hybridized carbons (Fsp3) is 0.700. The van der Waals surface area contributed by atoms with Crippen molar-refractivity contribution in [3.63, 3.8) is 0 Å². The lowest BCUT2D eigenvalue weighted by atomic mass is 10.4. The van der Waals surface area contributed by atoms with Gasteiger partial charge in [0.05, 0.1) is 12.2 Å². The molecule has 1 heterocycles. The summed E-state index contributed by atoms with van der Waals surface area (Å²) in [7, 11) is 0. The fourth-order valence-electron chi connectivity index (χ4n) is 1.41. The zero-order chi connectivity index (χ0) is 9.10. The van der Waals surface area contributed by atoms with E-state index in [-0.39, 0.29) is 0 Å². The molecule has 0 bridgehead atoms. The van der Waals surface area contributed by atoms with Crippen LogP contribution in [0, 0.1) is 12.8 Å². The lowest BCUT2D eigenvalue weighted by Gasteiger charge is -2.03. The fourth-order valence-corrected chi connectivity index (χ4v) is 1.41. The highest BCUT2D eigenvalue weighted by molar-refractivity contribution is 4.94. The summed E-state index contributed by atoms with van der Waals surface area (Å²) in [6.45, 7) is 5.24. The van der Waals surface area contributed by atoms with Gasteiger partial charge in [0.25, 0.3) is 0 Å². The standard InChI is InChI=1S/C10H17N3/c1-9-4-6-13(12-9)7-5-11-8-10-2-3-10/h4,6,10-11H,2-3,5,7-8H2,1H3. The van der Waals surface area contributed by atoms with Crippen molar-refractivity contribution in [2.45, 2.75) is 26.3 Å². The Bertz CT molecular complexity index is 263. The first-order valence-corrected chi connectivity index (χ1v) is 5.05. The van der Waals surface area contributed by atoms with Gasteiger partial charge in [-0.2, -0.15) is 5.10 Å². The first-order chi connectivity index (χ1) is 6.34. The van der Waals surface area contributed by atoms with Gasteiger partial charge in [0.15, 0.2) is 0 Å². The Morgan fingerprint density at radius 3 is 3.08 bits per heavy atom. The molecular formula is C10H17N3. The topological polar surface area (TPSA) is 29.9 Å². The van der Waals surface area contributed by atoms with E-state index < -0.39 is 0 Å². The average molecular weight is 179 g/mol. The SMILES string of the molecule is Cc1ccn(CCNCC2CC2)n1. The Balaban J connectivity index is 1.61. The molecule has 1 aromatic rings. The average Bonchev–Trinajstić information content (AvgIpc) is 2.84. The predicted octanol–water partition coefficient (Wildman–Crippen LogP) is 1.19. The molecule has 13 heavy (non-hydrogen) atoms. The third kappa shape index (κ3) is 2.84. The number of hydrogen-bond donors (Lipinski definition) is 1. The Kier molecular flexibility index (Phi) is 2.64. The largest absolute Gasteiger partial charge is 0.315 e. The molecule has 3 nitrogen and oxygen atoms in total. The number of rotatable bonds is 5. The molecule has 1 fully saturated rings. The maximum atomic E-state index is 4.32. The highest BCUT2D eigenvalue weighted by Crippen LogP contribution is 2.27. The molecule has 0 unspecified atom stereocenters. The summed E-state index contributed by atoms with van der Waals surface area (Å²) < 4.78 is 2.00. The normalized spacial score (nSPS) is 16.4. The van der Waals surface area contributed by atoms with E-state index in [1.807, 2.05) is 23.9 Å². The first kappa shape index (κ1) is 8.75. The van der Waals surface area contributed by atoms with Crippen LogP contribution in [0.15, 0.2) is 12.3 Å². The molecule has 3 heteroatoms. The minimum atomic E-state index is 0.972. The number of nitrogens with one attached hydrogen (secondary N) is 1. The van der Waals surface area contributed by atoms with Gasteiger partial charge in [0, 0.05) is 12.7 Å². The number of aromatic nitrogens is 2. The van der Waals surface area contributed by atoms with Gasteiger partial charge >= 0.3 is 0 Å². The second-order valence-electron chi connectivity index (χ2n) is 3.87. The van der Waals surface area contributed by atoms with E-state index in [2.05, 4.69) is 10.4 Å². The Morgan fingerprint density at radius 2 is 2.46 bits per heavy atom. The molecule has 0 saturated heterocycles. The molecule has 0 aliphatic heterocycles. The zero-order valence-electron chi connectivity index (χ0n) is 8.16. The Labute approximate surface area is 79.1 Å². The van der Waals surface area contributed by atoms with Crippen LogP contribution in [0.1, 0.15) is 18.5 Å². The van der Waals surface area contributed by atoms with E-state index in [1.54, 1.807) is 0 Å². The molecular weight excluding hydrogens is 162 g/mol. The zero-order valence-corrected chi connectivity index (χ0v) is 8.16. The van der Waals surface area contributed by atoms with Crippen LogP contribution in [0.5, 0.6) is 0 Å². The van der Waals surface area contributed by atoms with Crippen LogP contribution >= 0.6 is 0 Å². The second-order valence-corrected chi connectivity index (χ2v) is 3.87. The van der Waals surface area contributed by atoms with Gasteiger partial charge in [-0.05, 0) is 38.3 Å². The van der Waals surface area contributed by atoms with Crippen molar-refractivity contribution < 1.29 is 0 Å². The van der Waals surface area contributed by atoms with Crippen molar-refractivity contribution in [1.29, 1.82) is 0 Å². The molecule has 1 N–H and O–H groups in total. The van der Waals surface area contributed by atoms with Gasteiger partial charge in [-0.25, -0.2) is 0 Å². The summed E-state index contributed by atoms with van der Waals surface area (Å²) in [6.07, 6.45) is 4.88. The van der Waals surface area contributed by atoms with Crippen molar-refractivity contribution in [1.82, 2.24) is 15.1 Å². The number of aryl methyl sites for hydroxylation is 1. The third-order valence-corrected chi connectivity index (χ3v) is 2.42. The molecule has 1 aromatic heterocycles. The summed E-state index contributed by atoms with van der Waals surface area (Å²) in [4.78, 5) is 0. The Hall–Kier alpha value is -0.830. The summed E-state index contributed by atoms with van der Waals surface area (Å²) in [5.41, 5.74) is 1.10. The first-order valence-electron chi connectivity index (χ1n) is 5.05. The van der Waals surface area contributed by atoms with Crippen molar-refractivity contribution in [2.24, 2.45) is 5.92 Å². The molecule has 0 amide bonds. The highest BCUT2D eigenvalue weighted by atomic mass is 15.3. The maximum Gasteiger partial charge on any atom is 0.0593 e. The van der Waals surface area contributed by atoms with Crippen LogP contribution < -0.4 is 5.32 Å². The highest BCUT2D eigenvalue weighted by Gasteiger charge is 2.19. The van der Waals surface area contributed by atoms with Gasteiger partial charge in [-0.15, -0.1) is 0 Å². The van der Waals surface area contributed by atoms with E-state index >= 15 is 0 Å². The molecule has 1 saturated carbocycles. The van der Waals surface area contributed by atoms with Crippen molar-refractivity contribution in [3.8, 4) is 0 Å². The van der Waals surface area contributed by atoms with Crippen LogP contribution in [0.2, 0.25) is 0 Å². The van der Waals surface area contributed by atoms with Crippen molar-refractivity contribution in [3.05, 3.63) is 18.0 Å². The van der Waals surface area contributed by atoms with E-state index in [9.17, 15) is 0 Å². The molecule has 0 radical (unpaired) electrons. The molecule has 1 aliphatic carbocycles. The summed E-state index contributed by atoms with van der Waals surface area (Å²) >= 11 is 0. The quantitative estimate of drug-likeness (QED) is 0.688. The number of nitrogens with zero attached hydrogens (tertiary/aromatic N) is 2. The van der Waals surface area contributed by atoms with Crippen molar-refractivity contribution >= 4 is 0 Å². The lowest BCUT2D eigenvalue weighted by molar-refractivity contribution is 0.540. The van der Waals surface area contributed by atoms with Crippen molar-refractivity contribution in [2.75, 3.05) is 13.1 Å². The predicted molar refractivity (Wildman–Crippen MR) is 52.6 cm³/mol. The van der Waals surface area contributed by atoms with Crippen LogP contribution in [0.4, 0.5) is 0 Å². The minimum absolute atomic E-state index is 0.972. The van der Waals surface area contributed by atoms with Crippen LogP contribution in [0.25, 0.3) is 0 Å².